The lowest BCUT2D eigenvalue weighted by Crippen LogP contribution is -2.35. The highest BCUT2D eigenvalue weighted by Gasteiger charge is 2.17. The maximum Gasteiger partial charge on any atom is 0.271 e. The number of benzene rings is 1. The van der Waals surface area contributed by atoms with Crippen molar-refractivity contribution >= 4 is 40.0 Å². The Bertz CT molecular complexity index is 1010. The topological polar surface area (TPSA) is 162 Å². The van der Waals surface area contributed by atoms with Crippen LogP contribution in [0.15, 0.2) is 36.9 Å². The molecule has 10 heteroatoms. The molecule has 0 fully saturated rings. The van der Waals surface area contributed by atoms with E-state index in [1.807, 2.05) is 6.92 Å². The molecule has 0 saturated heterocycles. The third-order valence-corrected chi connectivity index (χ3v) is 3.85. The van der Waals surface area contributed by atoms with Crippen LogP contribution in [0.2, 0.25) is 0 Å². The maximum absolute atomic E-state index is 11.7. The highest BCUT2D eigenvalue weighted by Crippen LogP contribution is 2.22. The summed E-state index contributed by atoms with van der Waals surface area (Å²) in [5.41, 5.74) is 12.1. The van der Waals surface area contributed by atoms with Gasteiger partial charge in [-0.1, -0.05) is 6.92 Å². The molecule has 3 aromatic rings. The van der Waals surface area contributed by atoms with Gasteiger partial charge >= 0.3 is 0 Å². The van der Waals surface area contributed by atoms with Gasteiger partial charge in [0.2, 0.25) is 5.91 Å². The number of primary amides is 2. The number of carbonyl (C=O) groups is 2. The first-order chi connectivity index (χ1) is 13.0. The fraction of sp³-hybridized carbons (Fsp3) is 0.176. The molecule has 0 saturated carbocycles. The smallest absolute Gasteiger partial charge is 0.271 e. The molecule has 1 atom stereocenters. The van der Waals surface area contributed by atoms with Crippen molar-refractivity contribution in [3.8, 4) is 0 Å². The zero-order chi connectivity index (χ0) is 19.4. The number of nitrogens with two attached hydrogens (primary N) is 2. The Morgan fingerprint density at radius 3 is 2.70 bits per heavy atom. The Hall–Kier alpha value is -3.82. The summed E-state index contributed by atoms with van der Waals surface area (Å²) in [6, 6.07) is 4.78. The third-order valence-electron chi connectivity index (χ3n) is 3.85. The first-order valence-corrected chi connectivity index (χ1v) is 8.17. The molecular weight excluding hydrogens is 348 g/mol. The Morgan fingerprint density at radius 1 is 1.19 bits per heavy atom. The Morgan fingerprint density at radius 2 is 2.00 bits per heavy atom. The van der Waals surface area contributed by atoms with Crippen molar-refractivity contribution in [1.29, 1.82) is 0 Å². The lowest BCUT2D eigenvalue weighted by Gasteiger charge is -2.15. The average molecular weight is 366 g/mol. The summed E-state index contributed by atoms with van der Waals surface area (Å²) in [5, 5.41) is 6.72. The van der Waals surface area contributed by atoms with Gasteiger partial charge in [-0.2, -0.15) is 0 Å². The Labute approximate surface area is 154 Å². The molecule has 27 heavy (non-hydrogen) atoms. The number of amides is 2. The molecule has 0 bridgehead atoms. The molecule has 0 aliphatic rings. The quantitative estimate of drug-likeness (QED) is 0.480. The van der Waals surface area contributed by atoms with Crippen LogP contribution in [0.5, 0.6) is 0 Å². The van der Waals surface area contributed by atoms with Gasteiger partial charge in [-0.3, -0.25) is 9.59 Å². The summed E-state index contributed by atoms with van der Waals surface area (Å²) in [5.74, 6) is -0.801. The Balaban J connectivity index is 1.94. The van der Waals surface area contributed by atoms with Crippen molar-refractivity contribution in [1.82, 2.24) is 19.9 Å². The molecule has 0 spiro atoms. The largest absolute Gasteiger partial charge is 0.368 e. The van der Waals surface area contributed by atoms with Gasteiger partial charge in [0.25, 0.3) is 5.91 Å². The summed E-state index contributed by atoms with van der Waals surface area (Å²) >= 11 is 0. The fourth-order valence-electron chi connectivity index (χ4n) is 2.48. The molecule has 0 aliphatic heterocycles. The fourth-order valence-corrected chi connectivity index (χ4v) is 2.48. The summed E-state index contributed by atoms with van der Waals surface area (Å²) in [6.07, 6.45) is 4.93. The summed E-state index contributed by atoms with van der Waals surface area (Å²) in [7, 11) is 0. The van der Waals surface area contributed by atoms with E-state index >= 15 is 0 Å². The lowest BCUT2D eigenvalue weighted by molar-refractivity contribution is -0.118. The minimum atomic E-state index is -0.734. The van der Waals surface area contributed by atoms with Gasteiger partial charge in [0.1, 0.15) is 18.2 Å². The highest BCUT2D eigenvalue weighted by atomic mass is 16.1. The predicted octanol–water partition coefficient (Wildman–Crippen LogP) is 0.938. The van der Waals surface area contributed by atoms with Crippen molar-refractivity contribution in [3.05, 3.63) is 42.6 Å². The highest BCUT2D eigenvalue weighted by molar-refractivity contribution is 5.96. The van der Waals surface area contributed by atoms with E-state index < -0.39 is 17.9 Å². The molecule has 138 valence electrons. The minimum Gasteiger partial charge on any atom is -0.368 e. The monoisotopic (exact) mass is 366 g/mol. The molecule has 1 aromatic carbocycles. The van der Waals surface area contributed by atoms with Crippen molar-refractivity contribution in [3.63, 3.8) is 0 Å². The Kier molecular flexibility index (Phi) is 5.06. The van der Waals surface area contributed by atoms with Gasteiger partial charge in [-0.05, 0) is 24.6 Å². The van der Waals surface area contributed by atoms with Crippen LogP contribution < -0.4 is 22.1 Å². The second kappa shape index (κ2) is 7.60. The molecule has 0 radical (unpaired) electrons. The number of fused-ring (bicyclic) bond motifs is 1. The van der Waals surface area contributed by atoms with Crippen LogP contribution in [0.4, 0.5) is 17.3 Å². The van der Waals surface area contributed by atoms with Crippen LogP contribution in [-0.4, -0.2) is 37.8 Å². The van der Waals surface area contributed by atoms with E-state index in [0.29, 0.717) is 12.1 Å². The van der Waals surface area contributed by atoms with E-state index in [0.717, 1.165) is 10.9 Å². The van der Waals surface area contributed by atoms with E-state index in [9.17, 15) is 9.59 Å². The van der Waals surface area contributed by atoms with Gasteiger partial charge in [-0.15, -0.1) is 0 Å². The second-order valence-electron chi connectivity index (χ2n) is 5.75. The summed E-state index contributed by atoms with van der Waals surface area (Å²) < 4.78 is 0. The zero-order valence-electron chi connectivity index (χ0n) is 14.5. The molecule has 10 nitrogen and oxygen atoms in total. The molecule has 1 unspecified atom stereocenters. The third kappa shape index (κ3) is 4.06. The van der Waals surface area contributed by atoms with Crippen molar-refractivity contribution in [2.24, 2.45) is 11.5 Å². The van der Waals surface area contributed by atoms with Gasteiger partial charge in [-0.25, -0.2) is 19.9 Å². The van der Waals surface area contributed by atoms with Crippen LogP contribution in [0, 0.1) is 0 Å². The van der Waals surface area contributed by atoms with Gasteiger partial charge < -0.3 is 22.1 Å². The van der Waals surface area contributed by atoms with E-state index in [2.05, 4.69) is 30.6 Å². The van der Waals surface area contributed by atoms with Crippen molar-refractivity contribution < 1.29 is 9.59 Å². The van der Waals surface area contributed by atoms with E-state index in [1.165, 1.54) is 12.5 Å². The maximum atomic E-state index is 11.7. The number of hydrogen-bond acceptors (Lipinski definition) is 8. The van der Waals surface area contributed by atoms with Crippen LogP contribution in [0.3, 0.4) is 0 Å². The molecule has 2 amide bonds. The standard InChI is InChI=1S/C17H18N8O2/c1-2-11(15(18)26)24-13-7-21-14(16(19)27)17(25-13)23-10-3-4-12-9(5-10)6-20-8-22-12/h3-8,11H,2H2,1H3,(H2,18,26)(H2,19,27)(H2,23,24,25). The van der Waals surface area contributed by atoms with Crippen LogP contribution >= 0.6 is 0 Å². The predicted molar refractivity (Wildman–Crippen MR) is 100 cm³/mol. The number of hydrogen-bond donors (Lipinski definition) is 4. The van der Waals surface area contributed by atoms with E-state index in [4.69, 9.17) is 11.5 Å². The number of nitrogens with one attached hydrogen (secondary N) is 2. The van der Waals surface area contributed by atoms with Crippen molar-refractivity contribution in [2.45, 2.75) is 19.4 Å². The first kappa shape index (κ1) is 18.0. The molecule has 2 heterocycles. The number of anilines is 3. The molecule has 2 aromatic heterocycles. The molecule has 0 aliphatic carbocycles. The first-order valence-electron chi connectivity index (χ1n) is 8.17. The zero-order valence-corrected chi connectivity index (χ0v) is 14.5. The van der Waals surface area contributed by atoms with Gasteiger partial charge in [0.15, 0.2) is 11.5 Å². The number of nitrogens with zero attached hydrogens (tertiary/aromatic N) is 4. The summed E-state index contributed by atoms with van der Waals surface area (Å²) in [4.78, 5) is 39.6. The number of rotatable bonds is 7. The van der Waals surface area contributed by atoms with Crippen LogP contribution in [0.25, 0.3) is 10.9 Å². The second-order valence-corrected chi connectivity index (χ2v) is 5.75. The van der Waals surface area contributed by atoms with Crippen LogP contribution in [-0.2, 0) is 4.79 Å². The minimum absolute atomic E-state index is 0.0305. The SMILES string of the molecule is CCC(Nc1cnc(C(N)=O)c(Nc2ccc3ncncc3c2)n1)C(N)=O. The molecule has 6 N–H and O–H groups in total. The molecule has 3 rings (SSSR count). The molecular formula is C17H18N8O2. The van der Waals surface area contributed by atoms with E-state index in [-0.39, 0.29) is 17.3 Å². The average Bonchev–Trinajstić information content (AvgIpc) is 2.65. The van der Waals surface area contributed by atoms with Gasteiger partial charge in [0, 0.05) is 17.3 Å². The van der Waals surface area contributed by atoms with Gasteiger partial charge in [0.05, 0.1) is 11.7 Å². The van der Waals surface area contributed by atoms with Crippen molar-refractivity contribution in [2.75, 3.05) is 10.6 Å². The lowest BCUT2D eigenvalue weighted by atomic mass is 10.2. The van der Waals surface area contributed by atoms with Crippen LogP contribution in [0.1, 0.15) is 23.8 Å². The van der Waals surface area contributed by atoms with E-state index in [1.54, 1.807) is 24.4 Å². The number of aromatic nitrogens is 4. The summed E-state index contributed by atoms with van der Waals surface area (Å²) in [6.45, 7) is 1.81. The number of carbonyl (C=O) groups excluding carboxylic acids is 2. The normalized spacial score (nSPS) is 11.7.